The highest BCUT2D eigenvalue weighted by Gasteiger charge is 2.34. The van der Waals surface area contributed by atoms with Crippen LogP contribution in [0.3, 0.4) is 0 Å². The smallest absolute Gasteiger partial charge is 0.251 e. The van der Waals surface area contributed by atoms with E-state index in [1.54, 1.807) is 24.5 Å². The second-order valence-corrected chi connectivity index (χ2v) is 9.78. The largest absolute Gasteiger partial charge is 0.351 e. The van der Waals surface area contributed by atoms with E-state index in [-0.39, 0.29) is 24.4 Å². The van der Waals surface area contributed by atoms with Crippen LogP contribution in [0.5, 0.6) is 0 Å². The molecule has 1 N–H and O–H groups in total. The van der Waals surface area contributed by atoms with E-state index in [1.165, 1.54) is 9.70 Å². The molecule has 38 heavy (non-hydrogen) atoms. The van der Waals surface area contributed by atoms with Crippen LogP contribution in [0.25, 0.3) is 11.4 Å². The van der Waals surface area contributed by atoms with Crippen molar-refractivity contribution >= 4 is 17.5 Å². The number of tetrazole rings is 1. The van der Waals surface area contributed by atoms with E-state index in [4.69, 9.17) is 0 Å². The van der Waals surface area contributed by atoms with Crippen LogP contribution in [0.15, 0.2) is 73.1 Å². The fourth-order valence-corrected chi connectivity index (χ4v) is 4.78. The van der Waals surface area contributed by atoms with E-state index in [1.807, 2.05) is 62.4 Å². The van der Waals surface area contributed by atoms with Gasteiger partial charge in [0.15, 0.2) is 0 Å². The number of nitrogens with one attached hydrogen (secondary N) is 1. The van der Waals surface area contributed by atoms with Crippen LogP contribution in [-0.4, -0.2) is 43.0 Å². The monoisotopic (exact) mass is 509 g/mol. The highest BCUT2D eigenvalue weighted by atomic mass is 16.2. The zero-order valence-electron chi connectivity index (χ0n) is 21.6. The Morgan fingerprint density at radius 2 is 1.58 bits per heavy atom. The van der Waals surface area contributed by atoms with Gasteiger partial charge in [-0.2, -0.15) is 4.80 Å². The molecule has 1 aliphatic carbocycles. The second-order valence-electron chi connectivity index (χ2n) is 9.78. The summed E-state index contributed by atoms with van der Waals surface area (Å²) in [6, 6.07) is 18.1. The summed E-state index contributed by atoms with van der Waals surface area (Å²) in [7, 11) is 0. The minimum Gasteiger partial charge on any atom is -0.351 e. The van der Waals surface area contributed by atoms with Crippen molar-refractivity contribution in [3.63, 3.8) is 0 Å². The summed E-state index contributed by atoms with van der Waals surface area (Å²) in [6.45, 7) is 3.81. The molecule has 2 aromatic carbocycles. The molecule has 2 heterocycles. The summed E-state index contributed by atoms with van der Waals surface area (Å²) in [5.41, 5.74) is 4.29. The van der Waals surface area contributed by atoms with Crippen molar-refractivity contribution in [3.8, 4) is 11.4 Å². The third-order valence-corrected chi connectivity index (χ3v) is 6.85. The standard InChI is InChI=1S/C29H31N7O2/c1-20-7-11-23(12-8-20)28-32-34-35(33-28)19-26(37)36(25-13-9-21(2)10-14-25)27(22-15-17-30-18-16-22)29(38)31-24-5-3-4-6-24/h7-18,24,27H,3-6,19H2,1-2H3,(H,31,38)/t27-/m0/s1. The summed E-state index contributed by atoms with van der Waals surface area (Å²) >= 11 is 0. The van der Waals surface area contributed by atoms with Crippen LogP contribution in [-0.2, 0) is 16.1 Å². The van der Waals surface area contributed by atoms with Gasteiger partial charge in [-0.3, -0.25) is 19.5 Å². The average Bonchev–Trinajstić information content (AvgIpc) is 3.61. The molecule has 194 valence electrons. The fraction of sp³-hybridized carbons (Fsp3) is 0.310. The van der Waals surface area contributed by atoms with Gasteiger partial charge >= 0.3 is 0 Å². The third-order valence-electron chi connectivity index (χ3n) is 6.85. The highest BCUT2D eigenvalue weighted by Crippen LogP contribution is 2.29. The van der Waals surface area contributed by atoms with Crippen molar-refractivity contribution in [1.29, 1.82) is 0 Å². The van der Waals surface area contributed by atoms with Gasteiger partial charge in [-0.15, -0.1) is 10.2 Å². The number of nitrogens with zero attached hydrogens (tertiary/aromatic N) is 6. The summed E-state index contributed by atoms with van der Waals surface area (Å²) in [5, 5.41) is 15.9. The molecule has 2 amide bonds. The SMILES string of the molecule is Cc1ccc(-c2nnn(CC(=O)N(c3ccc(C)cc3)[C@H](C(=O)NC3CCCC3)c3ccncc3)n2)cc1. The molecule has 1 fully saturated rings. The first kappa shape index (κ1) is 25.3. The Morgan fingerprint density at radius 3 is 2.24 bits per heavy atom. The van der Waals surface area contributed by atoms with Gasteiger partial charge in [0.2, 0.25) is 11.7 Å². The van der Waals surface area contributed by atoms with Gasteiger partial charge in [0, 0.05) is 29.7 Å². The summed E-state index contributed by atoms with van der Waals surface area (Å²) in [6.07, 6.45) is 7.33. The van der Waals surface area contributed by atoms with E-state index in [2.05, 4.69) is 25.7 Å². The van der Waals surface area contributed by atoms with Crippen LogP contribution in [0, 0.1) is 13.8 Å². The molecule has 9 nitrogen and oxygen atoms in total. The number of carbonyl (C=O) groups excluding carboxylic acids is 2. The second kappa shape index (κ2) is 11.3. The Kier molecular flexibility index (Phi) is 7.53. The van der Waals surface area contributed by atoms with Crippen molar-refractivity contribution in [2.24, 2.45) is 0 Å². The molecule has 0 saturated heterocycles. The van der Waals surface area contributed by atoms with Crippen LogP contribution in [0.4, 0.5) is 5.69 Å². The molecule has 0 spiro atoms. The molecule has 9 heteroatoms. The number of anilines is 1. The van der Waals surface area contributed by atoms with Crippen molar-refractivity contribution in [3.05, 3.63) is 89.7 Å². The molecule has 0 aliphatic heterocycles. The molecular weight excluding hydrogens is 478 g/mol. The topological polar surface area (TPSA) is 106 Å². The number of pyridine rings is 1. The molecule has 1 saturated carbocycles. The number of aryl methyl sites for hydroxylation is 2. The Hall–Kier alpha value is -4.40. The molecule has 0 unspecified atom stereocenters. The van der Waals surface area contributed by atoms with E-state index in [9.17, 15) is 9.59 Å². The van der Waals surface area contributed by atoms with Gasteiger partial charge in [0.05, 0.1) is 0 Å². The average molecular weight is 510 g/mol. The Bertz CT molecular complexity index is 1380. The lowest BCUT2D eigenvalue weighted by Crippen LogP contribution is -2.47. The zero-order chi connectivity index (χ0) is 26.5. The van der Waals surface area contributed by atoms with Crippen LogP contribution >= 0.6 is 0 Å². The van der Waals surface area contributed by atoms with Crippen molar-refractivity contribution in [2.75, 3.05) is 4.90 Å². The number of benzene rings is 2. The number of carbonyl (C=O) groups is 2. The van der Waals surface area contributed by atoms with Gasteiger partial charge < -0.3 is 5.32 Å². The van der Waals surface area contributed by atoms with Crippen LogP contribution in [0.1, 0.15) is 48.4 Å². The molecular formula is C29H31N7O2. The number of rotatable bonds is 8. The first-order valence-corrected chi connectivity index (χ1v) is 12.9. The van der Waals surface area contributed by atoms with Crippen molar-refractivity contribution in [2.45, 2.75) is 58.2 Å². The molecule has 4 aromatic rings. The lowest BCUT2D eigenvalue weighted by atomic mass is 10.0. The first-order valence-electron chi connectivity index (χ1n) is 12.9. The summed E-state index contributed by atoms with van der Waals surface area (Å²) in [5.74, 6) is -0.113. The fourth-order valence-electron chi connectivity index (χ4n) is 4.78. The minimum atomic E-state index is -0.881. The normalized spacial score (nSPS) is 14.3. The van der Waals surface area contributed by atoms with Gasteiger partial charge in [0.25, 0.3) is 5.91 Å². The van der Waals surface area contributed by atoms with E-state index in [0.717, 1.165) is 42.4 Å². The maximum atomic E-state index is 13.9. The molecule has 2 aromatic heterocycles. The Morgan fingerprint density at radius 1 is 0.947 bits per heavy atom. The van der Waals surface area contributed by atoms with Crippen LogP contribution in [0.2, 0.25) is 0 Å². The van der Waals surface area contributed by atoms with E-state index in [0.29, 0.717) is 17.1 Å². The van der Waals surface area contributed by atoms with Gasteiger partial charge in [-0.1, -0.05) is 60.4 Å². The maximum absolute atomic E-state index is 13.9. The predicted molar refractivity (Wildman–Crippen MR) is 144 cm³/mol. The van der Waals surface area contributed by atoms with Gasteiger partial charge in [0.1, 0.15) is 12.6 Å². The zero-order valence-corrected chi connectivity index (χ0v) is 21.6. The van der Waals surface area contributed by atoms with Gasteiger partial charge in [-0.25, -0.2) is 0 Å². The lowest BCUT2D eigenvalue weighted by Gasteiger charge is -2.32. The quantitative estimate of drug-likeness (QED) is 0.382. The number of hydrogen-bond donors (Lipinski definition) is 1. The molecule has 1 aliphatic rings. The highest BCUT2D eigenvalue weighted by molar-refractivity contribution is 6.01. The number of aromatic nitrogens is 5. The Labute approximate surface area is 221 Å². The third kappa shape index (κ3) is 5.77. The number of hydrogen-bond acceptors (Lipinski definition) is 6. The van der Waals surface area contributed by atoms with Crippen molar-refractivity contribution in [1.82, 2.24) is 30.5 Å². The molecule has 1 atom stereocenters. The van der Waals surface area contributed by atoms with E-state index >= 15 is 0 Å². The molecule has 0 bridgehead atoms. The first-order chi connectivity index (χ1) is 18.5. The van der Waals surface area contributed by atoms with Gasteiger partial charge in [-0.05, 0) is 61.7 Å². The summed E-state index contributed by atoms with van der Waals surface area (Å²) < 4.78 is 0. The summed E-state index contributed by atoms with van der Waals surface area (Å²) in [4.78, 5) is 34.7. The van der Waals surface area contributed by atoms with Crippen molar-refractivity contribution < 1.29 is 9.59 Å². The number of amides is 2. The maximum Gasteiger partial charge on any atom is 0.251 e. The minimum absolute atomic E-state index is 0.107. The molecule has 5 rings (SSSR count). The Balaban J connectivity index is 1.48. The van der Waals surface area contributed by atoms with E-state index < -0.39 is 6.04 Å². The molecule has 0 radical (unpaired) electrons. The lowest BCUT2D eigenvalue weighted by molar-refractivity contribution is -0.127. The van der Waals surface area contributed by atoms with Crippen LogP contribution < -0.4 is 10.2 Å². The predicted octanol–water partition coefficient (Wildman–Crippen LogP) is 4.19.